The first-order valence-corrected chi connectivity index (χ1v) is 4.51. The fourth-order valence-electron chi connectivity index (χ4n) is 0.818. The molecule has 0 aromatic carbocycles. The van der Waals surface area contributed by atoms with Gasteiger partial charge in [0.15, 0.2) is 0 Å². The van der Waals surface area contributed by atoms with Crippen molar-refractivity contribution < 1.29 is 9.18 Å². The summed E-state index contributed by atoms with van der Waals surface area (Å²) in [6.45, 7) is 1.55. The topological polar surface area (TPSA) is 42.0 Å². The molecule has 1 rings (SSSR count). The van der Waals surface area contributed by atoms with Gasteiger partial charge in [-0.3, -0.25) is 4.79 Å². The summed E-state index contributed by atoms with van der Waals surface area (Å²) in [5.41, 5.74) is 0.118. The summed E-state index contributed by atoms with van der Waals surface area (Å²) in [5, 5.41) is 2.78. The van der Waals surface area contributed by atoms with Crippen LogP contribution in [0.25, 0.3) is 0 Å². The van der Waals surface area contributed by atoms with Crippen LogP contribution >= 0.6 is 11.6 Å². The average Bonchev–Trinajstić information content (AvgIpc) is 2.17. The zero-order valence-corrected chi connectivity index (χ0v) is 8.73. The molecule has 0 fully saturated rings. The Bertz CT molecular complexity index is 437. The molecule has 1 amide bonds. The summed E-state index contributed by atoms with van der Waals surface area (Å²) in [5.74, 6) is 4.25. The molecule has 0 aliphatic heterocycles. The van der Waals surface area contributed by atoms with Crippen LogP contribution in [0.2, 0.25) is 5.02 Å². The van der Waals surface area contributed by atoms with Crippen LogP contribution in [0.15, 0.2) is 12.3 Å². The first kappa shape index (κ1) is 11.5. The quantitative estimate of drug-likeness (QED) is 0.580. The maximum Gasteiger partial charge on any atom is 0.228 e. The lowest BCUT2D eigenvalue weighted by Crippen LogP contribution is -2.19. The average molecular weight is 227 g/mol. The Labute approximate surface area is 91.7 Å². The third kappa shape index (κ3) is 3.96. The predicted molar refractivity (Wildman–Crippen MR) is 54.8 cm³/mol. The zero-order valence-electron chi connectivity index (χ0n) is 7.97. The Morgan fingerprint density at radius 1 is 1.73 bits per heavy atom. The van der Waals surface area contributed by atoms with Gasteiger partial charge in [0.25, 0.3) is 0 Å². The van der Waals surface area contributed by atoms with Gasteiger partial charge in [0.1, 0.15) is 0 Å². The highest BCUT2D eigenvalue weighted by Crippen LogP contribution is 2.10. The van der Waals surface area contributed by atoms with E-state index in [2.05, 4.69) is 22.1 Å². The Balaban J connectivity index is 2.71. The minimum Gasteiger partial charge on any atom is -0.345 e. The van der Waals surface area contributed by atoms with Crippen LogP contribution < -0.4 is 5.32 Å². The lowest BCUT2D eigenvalue weighted by molar-refractivity contribution is -0.118. The first-order chi connectivity index (χ1) is 7.09. The second kappa shape index (κ2) is 5.32. The largest absolute Gasteiger partial charge is 0.345 e. The normalized spacial score (nSPS) is 9.00. The smallest absolute Gasteiger partial charge is 0.228 e. The zero-order chi connectivity index (χ0) is 11.3. The number of pyridine rings is 1. The number of aromatic nitrogens is 1. The van der Waals surface area contributed by atoms with Crippen LogP contribution in [-0.2, 0) is 4.79 Å². The molecule has 1 heterocycles. The monoisotopic (exact) mass is 226 g/mol. The molecule has 0 aliphatic carbocycles. The van der Waals surface area contributed by atoms with Crippen LogP contribution in [0.1, 0.15) is 12.5 Å². The Morgan fingerprint density at radius 2 is 2.47 bits per heavy atom. The number of nitrogens with zero attached hydrogens (tertiary/aromatic N) is 1. The molecule has 0 unspecified atom stereocenters. The lowest BCUT2D eigenvalue weighted by atomic mass is 10.3. The highest BCUT2D eigenvalue weighted by atomic mass is 35.5. The number of nitrogens with one attached hydrogen (secondary N) is 1. The first-order valence-electron chi connectivity index (χ1n) is 4.14. The second-order valence-electron chi connectivity index (χ2n) is 2.70. The van der Waals surface area contributed by atoms with E-state index in [0.717, 1.165) is 0 Å². The summed E-state index contributed by atoms with van der Waals surface area (Å²) in [6.07, 6.45) is 1.20. The van der Waals surface area contributed by atoms with Gasteiger partial charge in [-0.15, -0.1) is 0 Å². The number of carbonyl (C=O) groups excluding carboxylic acids is 1. The van der Waals surface area contributed by atoms with E-state index in [1.807, 2.05) is 0 Å². The number of hydrogen-bond acceptors (Lipinski definition) is 2. The van der Waals surface area contributed by atoms with Crippen molar-refractivity contribution in [3.05, 3.63) is 28.8 Å². The molecule has 1 aromatic heterocycles. The summed E-state index contributed by atoms with van der Waals surface area (Å²) in [6, 6.07) is 1.38. The van der Waals surface area contributed by atoms with Crippen LogP contribution in [-0.4, -0.2) is 17.4 Å². The Morgan fingerprint density at radius 3 is 3.13 bits per heavy atom. The van der Waals surface area contributed by atoms with Crippen molar-refractivity contribution in [3.8, 4) is 11.8 Å². The van der Waals surface area contributed by atoms with Crippen LogP contribution in [0, 0.1) is 17.8 Å². The van der Waals surface area contributed by atoms with Gasteiger partial charge in [-0.25, -0.2) is 4.98 Å². The van der Waals surface area contributed by atoms with Gasteiger partial charge >= 0.3 is 0 Å². The van der Waals surface area contributed by atoms with Crippen molar-refractivity contribution in [1.29, 1.82) is 0 Å². The third-order valence-corrected chi connectivity index (χ3v) is 1.66. The van der Waals surface area contributed by atoms with Crippen molar-refractivity contribution in [3.63, 3.8) is 0 Å². The van der Waals surface area contributed by atoms with E-state index in [1.54, 1.807) is 0 Å². The molecule has 0 radical (unpaired) electrons. The van der Waals surface area contributed by atoms with Crippen molar-refractivity contribution in [2.45, 2.75) is 6.92 Å². The van der Waals surface area contributed by atoms with E-state index in [9.17, 15) is 9.18 Å². The van der Waals surface area contributed by atoms with Crippen molar-refractivity contribution in [2.24, 2.45) is 0 Å². The van der Waals surface area contributed by atoms with Gasteiger partial charge in [0.05, 0.1) is 17.1 Å². The number of hydrogen-bond donors (Lipinski definition) is 1. The van der Waals surface area contributed by atoms with Gasteiger partial charge in [-0.05, 0) is 6.07 Å². The molecule has 78 valence electrons. The summed E-state index contributed by atoms with van der Waals surface area (Å²) in [7, 11) is 0. The molecule has 0 bridgehead atoms. The molecule has 0 atom stereocenters. The van der Waals surface area contributed by atoms with E-state index in [1.165, 1.54) is 19.2 Å². The molecule has 3 nitrogen and oxygen atoms in total. The predicted octanol–water partition coefficient (Wildman–Crippen LogP) is 1.36. The van der Waals surface area contributed by atoms with Gasteiger partial charge in [0, 0.05) is 13.1 Å². The van der Waals surface area contributed by atoms with Crippen LogP contribution in [0.5, 0.6) is 0 Å². The number of halogens is 2. The molecule has 5 heteroatoms. The van der Waals surface area contributed by atoms with E-state index in [-0.39, 0.29) is 18.0 Å². The van der Waals surface area contributed by atoms with E-state index in [0.29, 0.717) is 5.02 Å². The van der Waals surface area contributed by atoms with Gasteiger partial charge in [0.2, 0.25) is 11.9 Å². The molecule has 15 heavy (non-hydrogen) atoms. The standard InChI is InChI=1S/C10H8ClFN2O/c1-7(15)13-4-2-3-8-5-9(11)6-14-10(8)12/h5-6H,4H2,1H3,(H,13,15). The third-order valence-electron chi connectivity index (χ3n) is 1.45. The maximum absolute atomic E-state index is 13.0. The molecule has 0 aliphatic rings. The van der Waals surface area contributed by atoms with Crippen molar-refractivity contribution in [2.75, 3.05) is 6.54 Å². The number of carbonyl (C=O) groups is 1. The van der Waals surface area contributed by atoms with Crippen LogP contribution in [0.3, 0.4) is 0 Å². The molecule has 0 spiro atoms. The Kier molecular flexibility index (Phi) is 4.07. The molecule has 1 aromatic rings. The SMILES string of the molecule is CC(=O)NCC#Cc1cc(Cl)cnc1F. The van der Waals surface area contributed by atoms with Gasteiger partial charge < -0.3 is 5.32 Å². The maximum atomic E-state index is 13.0. The van der Waals surface area contributed by atoms with E-state index < -0.39 is 5.95 Å². The fourth-order valence-corrected chi connectivity index (χ4v) is 0.976. The number of rotatable bonds is 1. The van der Waals surface area contributed by atoms with E-state index in [4.69, 9.17) is 11.6 Å². The molecule has 0 saturated carbocycles. The van der Waals surface area contributed by atoms with E-state index >= 15 is 0 Å². The van der Waals surface area contributed by atoms with Gasteiger partial charge in [-0.2, -0.15) is 4.39 Å². The summed E-state index contributed by atoms with van der Waals surface area (Å²) in [4.78, 5) is 13.9. The molecule has 0 saturated heterocycles. The van der Waals surface area contributed by atoms with Crippen LogP contribution in [0.4, 0.5) is 4.39 Å². The highest BCUT2D eigenvalue weighted by Gasteiger charge is 2.00. The van der Waals surface area contributed by atoms with Crippen molar-refractivity contribution >= 4 is 17.5 Å². The Hall–Kier alpha value is -1.60. The summed E-state index contributed by atoms with van der Waals surface area (Å²) >= 11 is 5.61. The molecular formula is C10H8ClFN2O. The summed E-state index contributed by atoms with van der Waals surface area (Å²) < 4.78 is 13.0. The number of amides is 1. The second-order valence-corrected chi connectivity index (χ2v) is 3.14. The lowest BCUT2D eigenvalue weighted by Gasteiger charge is -1.94. The minimum atomic E-state index is -0.672. The molecular weight excluding hydrogens is 219 g/mol. The highest BCUT2D eigenvalue weighted by molar-refractivity contribution is 6.30. The fraction of sp³-hybridized carbons (Fsp3) is 0.200. The van der Waals surface area contributed by atoms with Crippen molar-refractivity contribution in [1.82, 2.24) is 10.3 Å². The molecule has 1 N–H and O–H groups in total. The minimum absolute atomic E-state index is 0.118. The van der Waals surface area contributed by atoms with Gasteiger partial charge in [-0.1, -0.05) is 23.4 Å².